The minimum Gasteiger partial charge on any atom is -0.598 e. The summed E-state index contributed by atoms with van der Waals surface area (Å²) in [5.74, 6) is 0.0616. The van der Waals surface area contributed by atoms with Gasteiger partial charge in [0.1, 0.15) is 10.3 Å². The molecule has 1 saturated heterocycles. The Bertz CT molecular complexity index is 1070. The van der Waals surface area contributed by atoms with Crippen LogP contribution in [-0.2, 0) is 21.6 Å². The summed E-state index contributed by atoms with van der Waals surface area (Å²) in [5.41, 5.74) is 2.36. The van der Waals surface area contributed by atoms with Crippen LogP contribution in [0.3, 0.4) is 0 Å². The minimum absolute atomic E-state index is 0.0616. The van der Waals surface area contributed by atoms with Crippen LogP contribution in [0.4, 0.5) is 0 Å². The van der Waals surface area contributed by atoms with Gasteiger partial charge in [-0.15, -0.1) is 16.1 Å². The van der Waals surface area contributed by atoms with E-state index in [2.05, 4.69) is 15.8 Å². The molecule has 0 bridgehead atoms. The number of aromatic nitrogens is 1. The number of benzene rings is 1. The summed E-state index contributed by atoms with van der Waals surface area (Å²) < 4.78 is 21.4. The van der Waals surface area contributed by atoms with Crippen LogP contribution >= 0.6 is 11.3 Å². The number of thiophene rings is 1. The quantitative estimate of drug-likeness (QED) is 0.480. The highest BCUT2D eigenvalue weighted by Crippen LogP contribution is 2.40. The standard InChI is InChI=1S/C22H24N2O3S2/c1-14(25)19-7-8-20(28-19)15-10-17(16-6-5-9-23-18(16)11-15)22(12-27-13-22)24-29(26)21(2,3)4/h5-11,24H,12-13H2,1-4H3. The molecule has 5 nitrogen and oxygen atoms in total. The fourth-order valence-corrected chi connectivity index (χ4v) is 5.09. The Hall–Kier alpha value is -1.77. The highest BCUT2D eigenvalue weighted by molar-refractivity contribution is 7.90. The van der Waals surface area contributed by atoms with E-state index in [0.29, 0.717) is 13.2 Å². The van der Waals surface area contributed by atoms with Crippen LogP contribution in [0.2, 0.25) is 0 Å². The maximum atomic E-state index is 12.9. The number of ketones is 1. The number of ether oxygens (including phenoxy) is 1. The Kier molecular flexibility index (Phi) is 5.29. The van der Waals surface area contributed by atoms with Gasteiger partial charge >= 0.3 is 0 Å². The summed E-state index contributed by atoms with van der Waals surface area (Å²) in [6, 6.07) is 12.0. The van der Waals surface area contributed by atoms with Gasteiger partial charge in [0.15, 0.2) is 5.78 Å². The van der Waals surface area contributed by atoms with Gasteiger partial charge in [0.25, 0.3) is 0 Å². The maximum absolute atomic E-state index is 12.9. The SMILES string of the molecule is CC(=O)c1ccc(-c2cc(C3(N[S+]([O-])C(C)(C)C)COC3)c3cccnc3c2)s1. The molecular formula is C22H24N2O3S2. The fraction of sp³-hybridized carbons (Fsp3) is 0.364. The summed E-state index contributed by atoms with van der Waals surface area (Å²) in [7, 11) is 0. The lowest BCUT2D eigenvalue weighted by Gasteiger charge is -2.44. The lowest BCUT2D eigenvalue weighted by molar-refractivity contribution is -0.0658. The second kappa shape index (κ2) is 7.49. The van der Waals surface area contributed by atoms with Crippen LogP contribution < -0.4 is 4.72 Å². The molecule has 1 aromatic carbocycles. The van der Waals surface area contributed by atoms with Gasteiger partial charge in [0, 0.05) is 27.8 Å². The molecule has 1 N–H and O–H groups in total. The molecule has 7 heteroatoms. The third-order valence-corrected chi connectivity index (χ3v) is 7.94. The van der Waals surface area contributed by atoms with Gasteiger partial charge in [-0.2, -0.15) is 0 Å². The Morgan fingerprint density at radius 2 is 2.03 bits per heavy atom. The Labute approximate surface area is 177 Å². The molecule has 0 spiro atoms. The average molecular weight is 429 g/mol. The number of hydrogen-bond acceptors (Lipinski definition) is 6. The molecule has 0 saturated carbocycles. The molecule has 0 radical (unpaired) electrons. The third kappa shape index (κ3) is 3.85. The zero-order valence-electron chi connectivity index (χ0n) is 16.9. The number of carbonyl (C=O) groups excluding carboxylic acids is 1. The molecule has 152 valence electrons. The Balaban J connectivity index is 1.85. The lowest BCUT2D eigenvalue weighted by Crippen LogP contribution is -2.61. The van der Waals surface area contributed by atoms with Crippen molar-refractivity contribution < 1.29 is 14.1 Å². The molecule has 3 heterocycles. The van der Waals surface area contributed by atoms with E-state index in [4.69, 9.17) is 4.74 Å². The van der Waals surface area contributed by atoms with E-state index in [0.717, 1.165) is 31.8 Å². The van der Waals surface area contributed by atoms with E-state index in [1.165, 1.54) is 11.3 Å². The lowest BCUT2D eigenvalue weighted by atomic mass is 9.85. The van der Waals surface area contributed by atoms with Gasteiger partial charge in [-0.1, -0.05) is 6.07 Å². The molecule has 1 fully saturated rings. The van der Waals surface area contributed by atoms with Gasteiger partial charge in [0.05, 0.1) is 23.6 Å². The van der Waals surface area contributed by atoms with Crippen LogP contribution in [0.15, 0.2) is 42.6 Å². The monoisotopic (exact) mass is 428 g/mol. The Morgan fingerprint density at radius 1 is 1.28 bits per heavy atom. The number of rotatable bonds is 5. The summed E-state index contributed by atoms with van der Waals surface area (Å²) >= 11 is 0.232. The van der Waals surface area contributed by atoms with Crippen molar-refractivity contribution in [1.29, 1.82) is 0 Å². The molecule has 2 aromatic heterocycles. The molecule has 3 aromatic rings. The molecule has 0 aliphatic carbocycles. The highest BCUT2D eigenvalue weighted by atomic mass is 32.2. The van der Waals surface area contributed by atoms with Crippen molar-refractivity contribution >= 4 is 39.4 Å². The largest absolute Gasteiger partial charge is 0.598 e. The van der Waals surface area contributed by atoms with Crippen molar-refractivity contribution in [2.45, 2.75) is 38.0 Å². The predicted molar refractivity (Wildman–Crippen MR) is 119 cm³/mol. The average Bonchev–Trinajstić information content (AvgIpc) is 3.13. The molecule has 1 aliphatic rings. The summed E-state index contributed by atoms with van der Waals surface area (Å²) in [6.45, 7) is 8.34. The number of fused-ring (bicyclic) bond motifs is 1. The number of nitrogens with zero attached hydrogens (tertiary/aromatic N) is 1. The van der Waals surface area contributed by atoms with Crippen LogP contribution in [0, 0.1) is 0 Å². The summed E-state index contributed by atoms with van der Waals surface area (Å²) in [6.07, 6.45) is 1.77. The van der Waals surface area contributed by atoms with E-state index >= 15 is 0 Å². The number of nitrogens with one attached hydrogen (secondary N) is 1. The zero-order chi connectivity index (χ0) is 20.8. The summed E-state index contributed by atoms with van der Waals surface area (Å²) in [4.78, 5) is 18.0. The number of hydrogen-bond donors (Lipinski definition) is 1. The van der Waals surface area contributed by atoms with Crippen LogP contribution in [0.5, 0.6) is 0 Å². The van der Waals surface area contributed by atoms with E-state index in [-0.39, 0.29) is 5.78 Å². The van der Waals surface area contributed by atoms with E-state index in [9.17, 15) is 9.35 Å². The van der Waals surface area contributed by atoms with Crippen LogP contribution in [-0.4, -0.2) is 33.3 Å². The van der Waals surface area contributed by atoms with Gasteiger partial charge in [-0.3, -0.25) is 9.78 Å². The second-order valence-corrected chi connectivity index (χ2v) is 11.4. The topological polar surface area (TPSA) is 74.3 Å². The minimum atomic E-state index is -1.24. The molecule has 1 atom stereocenters. The Morgan fingerprint density at radius 3 is 2.62 bits per heavy atom. The maximum Gasteiger partial charge on any atom is 0.169 e. The first kappa shape index (κ1) is 20.5. The van der Waals surface area contributed by atoms with E-state index in [1.807, 2.05) is 51.1 Å². The van der Waals surface area contributed by atoms with Crippen molar-refractivity contribution in [1.82, 2.24) is 9.71 Å². The van der Waals surface area contributed by atoms with Crippen LogP contribution in [0.25, 0.3) is 21.3 Å². The fourth-order valence-electron chi connectivity index (χ4n) is 3.31. The van der Waals surface area contributed by atoms with E-state index in [1.54, 1.807) is 13.1 Å². The molecule has 29 heavy (non-hydrogen) atoms. The van der Waals surface area contributed by atoms with Crippen molar-refractivity contribution in [2.24, 2.45) is 0 Å². The molecular weight excluding hydrogens is 404 g/mol. The highest BCUT2D eigenvalue weighted by Gasteiger charge is 2.47. The summed E-state index contributed by atoms with van der Waals surface area (Å²) in [5, 5.41) is 1.02. The van der Waals surface area contributed by atoms with Gasteiger partial charge in [0.2, 0.25) is 0 Å². The number of pyridine rings is 1. The second-order valence-electron chi connectivity index (χ2n) is 8.37. The molecule has 1 aliphatic heterocycles. The zero-order valence-corrected chi connectivity index (χ0v) is 18.6. The van der Waals surface area contributed by atoms with Gasteiger partial charge in [-0.05, 0) is 69.2 Å². The number of carbonyl (C=O) groups is 1. The van der Waals surface area contributed by atoms with Gasteiger partial charge in [-0.25, -0.2) is 0 Å². The van der Waals surface area contributed by atoms with Crippen molar-refractivity contribution in [3.05, 3.63) is 53.0 Å². The smallest absolute Gasteiger partial charge is 0.169 e. The molecule has 4 rings (SSSR count). The molecule has 1 unspecified atom stereocenters. The van der Waals surface area contributed by atoms with Crippen molar-refractivity contribution in [3.8, 4) is 10.4 Å². The van der Waals surface area contributed by atoms with Crippen molar-refractivity contribution in [2.75, 3.05) is 13.2 Å². The predicted octanol–water partition coefficient (Wildman–Crippen LogP) is 4.44. The van der Waals surface area contributed by atoms with Gasteiger partial charge < -0.3 is 9.29 Å². The van der Waals surface area contributed by atoms with Crippen molar-refractivity contribution in [3.63, 3.8) is 0 Å². The third-order valence-electron chi connectivity index (χ3n) is 5.02. The molecule has 0 amide bonds. The first-order valence-corrected chi connectivity index (χ1v) is 11.4. The first-order valence-electron chi connectivity index (χ1n) is 9.47. The van der Waals surface area contributed by atoms with Crippen LogP contribution in [0.1, 0.15) is 42.9 Å². The van der Waals surface area contributed by atoms with E-state index < -0.39 is 21.6 Å². The normalized spacial score (nSPS) is 17.1. The number of Topliss-reactive ketones (excluding diaryl/α,β-unsaturated/α-hetero) is 1. The first-order chi connectivity index (χ1) is 13.7.